The highest BCUT2D eigenvalue weighted by Crippen LogP contribution is 2.27. The Morgan fingerprint density at radius 3 is 2.81 bits per heavy atom. The quantitative estimate of drug-likeness (QED) is 0.778. The van der Waals surface area contributed by atoms with Crippen molar-refractivity contribution in [3.05, 3.63) is 58.0 Å². The number of hydrogen-bond acceptors (Lipinski definition) is 4. The molecule has 5 heteroatoms. The van der Waals surface area contributed by atoms with Gasteiger partial charge in [-0.2, -0.15) is 11.3 Å². The van der Waals surface area contributed by atoms with Gasteiger partial charge in [0.1, 0.15) is 5.58 Å². The van der Waals surface area contributed by atoms with Crippen molar-refractivity contribution in [3.63, 3.8) is 0 Å². The van der Waals surface area contributed by atoms with E-state index in [9.17, 15) is 9.90 Å². The molecule has 2 aromatic heterocycles. The second-order valence-electron chi connectivity index (χ2n) is 5.01. The smallest absolute Gasteiger partial charge is 0.372 e. The molecule has 2 heterocycles. The molecule has 1 N–H and O–H groups in total. The summed E-state index contributed by atoms with van der Waals surface area (Å²) in [6.45, 7) is 1.32. The summed E-state index contributed by atoms with van der Waals surface area (Å²) in [4.78, 5) is 13.5. The number of aromatic carboxylic acids is 1. The maximum Gasteiger partial charge on any atom is 0.372 e. The standard InChI is InChI=1S/C16H15NO3S/c1-17(8-11-6-7-21-10-11)9-13-12-4-2-3-5-14(12)20-15(13)16(18)19/h2-7,10H,8-9H2,1H3,(H,18,19). The van der Waals surface area contributed by atoms with Gasteiger partial charge in [-0.25, -0.2) is 4.79 Å². The molecule has 0 fully saturated rings. The average molecular weight is 301 g/mol. The maximum atomic E-state index is 11.4. The van der Waals surface area contributed by atoms with Gasteiger partial charge in [0.15, 0.2) is 0 Å². The minimum atomic E-state index is -1.02. The predicted octanol–water partition coefficient (Wildman–Crippen LogP) is 3.82. The number of furan rings is 1. The van der Waals surface area contributed by atoms with E-state index in [1.54, 1.807) is 17.4 Å². The Bertz CT molecular complexity index is 761. The van der Waals surface area contributed by atoms with Crippen molar-refractivity contribution in [1.82, 2.24) is 4.90 Å². The Balaban J connectivity index is 1.91. The van der Waals surface area contributed by atoms with Gasteiger partial charge in [-0.1, -0.05) is 18.2 Å². The molecule has 4 nitrogen and oxygen atoms in total. The van der Waals surface area contributed by atoms with Crippen LogP contribution in [-0.2, 0) is 13.1 Å². The summed E-state index contributed by atoms with van der Waals surface area (Å²) in [6.07, 6.45) is 0. The van der Waals surface area contributed by atoms with Crippen LogP contribution < -0.4 is 0 Å². The van der Waals surface area contributed by atoms with Gasteiger partial charge in [0.05, 0.1) is 0 Å². The fraction of sp³-hybridized carbons (Fsp3) is 0.188. The highest BCUT2D eigenvalue weighted by Gasteiger charge is 2.20. The zero-order chi connectivity index (χ0) is 14.8. The monoisotopic (exact) mass is 301 g/mol. The molecule has 0 saturated heterocycles. The molecule has 3 rings (SSSR count). The number of thiophene rings is 1. The number of para-hydroxylation sites is 1. The lowest BCUT2D eigenvalue weighted by molar-refractivity contribution is 0.0662. The minimum Gasteiger partial charge on any atom is -0.475 e. The first-order valence-electron chi connectivity index (χ1n) is 6.58. The Kier molecular flexibility index (Phi) is 3.77. The van der Waals surface area contributed by atoms with Crippen LogP contribution in [-0.4, -0.2) is 23.0 Å². The molecule has 0 unspecified atom stereocenters. The van der Waals surface area contributed by atoms with E-state index in [1.807, 2.05) is 30.6 Å². The van der Waals surface area contributed by atoms with Gasteiger partial charge in [-0.3, -0.25) is 4.90 Å². The van der Waals surface area contributed by atoms with Crippen LogP contribution in [0.5, 0.6) is 0 Å². The normalized spacial score (nSPS) is 11.3. The van der Waals surface area contributed by atoms with Crippen molar-refractivity contribution < 1.29 is 14.3 Å². The number of carboxylic acid groups (broad SMARTS) is 1. The summed E-state index contributed by atoms with van der Waals surface area (Å²) in [7, 11) is 1.98. The van der Waals surface area contributed by atoms with Gasteiger partial charge in [-0.05, 0) is 35.5 Å². The summed E-state index contributed by atoms with van der Waals surface area (Å²) in [5.41, 5.74) is 2.58. The van der Waals surface area contributed by atoms with Crippen LogP contribution >= 0.6 is 11.3 Å². The molecule has 0 aliphatic rings. The molecule has 0 bridgehead atoms. The van der Waals surface area contributed by atoms with E-state index in [0.717, 1.165) is 17.5 Å². The van der Waals surface area contributed by atoms with Crippen molar-refractivity contribution in [1.29, 1.82) is 0 Å². The van der Waals surface area contributed by atoms with E-state index in [0.29, 0.717) is 12.1 Å². The van der Waals surface area contributed by atoms with E-state index < -0.39 is 5.97 Å². The molecule has 0 aliphatic carbocycles. The SMILES string of the molecule is CN(Cc1ccsc1)Cc1c(C(=O)O)oc2ccccc12. The molecule has 0 saturated carbocycles. The molecule has 0 atom stereocenters. The van der Waals surface area contributed by atoms with Crippen molar-refractivity contribution >= 4 is 28.3 Å². The first kappa shape index (κ1) is 13.9. The van der Waals surface area contributed by atoms with E-state index in [1.165, 1.54) is 5.56 Å². The van der Waals surface area contributed by atoms with Crippen molar-refractivity contribution in [2.75, 3.05) is 7.05 Å². The summed E-state index contributed by atoms with van der Waals surface area (Å²) in [5.74, 6) is -0.987. The van der Waals surface area contributed by atoms with Crippen molar-refractivity contribution in [2.45, 2.75) is 13.1 Å². The first-order valence-corrected chi connectivity index (χ1v) is 7.53. The fourth-order valence-corrected chi connectivity index (χ4v) is 3.11. The molecule has 0 spiro atoms. The number of benzene rings is 1. The second-order valence-corrected chi connectivity index (χ2v) is 5.79. The molecule has 0 amide bonds. The largest absolute Gasteiger partial charge is 0.475 e. The van der Waals surface area contributed by atoms with Crippen LogP contribution in [0.3, 0.4) is 0 Å². The molecule has 108 valence electrons. The van der Waals surface area contributed by atoms with Crippen LogP contribution in [0.2, 0.25) is 0 Å². The third kappa shape index (κ3) is 2.84. The second kappa shape index (κ2) is 5.71. The molecule has 3 aromatic rings. The van der Waals surface area contributed by atoms with Crippen molar-refractivity contribution in [3.8, 4) is 0 Å². The third-order valence-electron chi connectivity index (χ3n) is 3.35. The van der Waals surface area contributed by atoms with Crippen LogP contribution in [0.1, 0.15) is 21.7 Å². The number of rotatable bonds is 5. The van der Waals surface area contributed by atoms with E-state index in [2.05, 4.69) is 16.3 Å². The van der Waals surface area contributed by atoms with Gasteiger partial charge in [-0.15, -0.1) is 0 Å². The molecular weight excluding hydrogens is 286 g/mol. The number of carbonyl (C=O) groups is 1. The van der Waals surface area contributed by atoms with Crippen molar-refractivity contribution in [2.24, 2.45) is 0 Å². The third-order valence-corrected chi connectivity index (χ3v) is 4.09. The number of carboxylic acids is 1. The van der Waals surface area contributed by atoms with Crippen LogP contribution in [0.4, 0.5) is 0 Å². The first-order chi connectivity index (χ1) is 10.1. The fourth-order valence-electron chi connectivity index (χ4n) is 2.45. The average Bonchev–Trinajstić information content (AvgIpc) is 3.07. The lowest BCUT2D eigenvalue weighted by atomic mass is 10.1. The summed E-state index contributed by atoms with van der Waals surface area (Å²) >= 11 is 1.66. The van der Waals surface area contributed by atoms with Gasteiger partial charge in [0.2, 0.25) is 5.76 Å². The van der Waals surface area contributed by atoms with E-state index >= 15 is 0 Å². The molecule has 21 heavy (non-hydrogen) atoms. The summed E-state index contributed by atoms with van der Waals surface area (Å²) in [5, 5.41) is 14.3. The lowest BCUT2D eigenvalue weighted by Gasteiger charge is -2.15. The zero-order valence-electron chi connectivity index (χ0n) is 11.6. The molecule has 1 aromatic carbocycles. The van der Waals surface area contributed by atoms with Crippen LogP contribution in [0.25, 0.3) is 11.0 Å². The molecular formula is C16H15NO3S. The van der Waals surface area contributed by atoms with Crippen LogP contribution in [0, 0.1) is 0 Å². The lowest BCUT2D eigenvalue weighted by Crippen LogP contribution is -2.18. The Labute approximate surface area is 126 Å². The summed E-state index contributed by atoms with van der Waals surface area (Å²) < 4.78 is 5.47. The topological polar surface area (TPSA) is 53.7 Å². The van der Waals surface area contributed by atoms with Gasteiger partial charge < -0.3 is 9.52 Å². The van der Waals surface area contributed by atoms with Gasteiger partial charge >= 0.3 is 5.97 Å². The number of hydrogen-bond donors (Lipinski definition) is 1. The highest BCUT2D eigenvalue weighted by atomic mass is 32.1. The van der Waals surface area contributed by atoms with Gasteiger partial charge in [0, 0.05) is 24.0 Å². The van der Waals surface area contributed by atoms with Gasteiger partial charge in [0.25, 0.3) is 0 Å². The molecule has 0 aliphatic heterocycles. The van der Waals surface area contributed by atoms with E-state index in [-0.39, 0.29) is 5.76 Å². The Morgan fingerprint density at radius 2 is 2.10 bits per heavy atom. The Hall–Kier alpha value is -2.11. The Morgan fingerprint density at radius 1 is 1.29 bits per heavy atom. The van der Waals surface area contributed by atoms with E-state index in [4.69, 9.17) is 4.42 Å². The number of fused-ring (bicyclic) bond motifs is 1. The zero-order valence-corrected chi connectivity index (χ0v) is 12.4. The predicted molar refractivity (Wildman–Crippen MR) is 82.7 cm³/mol. The molecule has 0 radical (unpaired) electrons. The summed E-state index contributed by atoms with van der Waals surface area (Å²) in [6, 6.07) is 9.51. The maximum absolute atomic E-state index is 11.4. The highest BCUT2D eigenvalue weighted by molar-refractivity contribution is 7.07. The number of nitrogens with zero attached hydrogens (tertiary/aromatic N) is 1. The minimum absolute atomic E-state index is 0.0355. The van der Waals surface area contributed by atoms with Crippen LogP contribution in [0.15, 0.2) is 45.5 Å².